The maximum atomic E-state index is 13.9. The first-order chi connectivity index (χ1) is 18.1. The van der Waals surface area contributed by atoms with Crippen LogP contribution in [0.1, 0.15) is 68.8 Å². The van der Waals surface area contributed by atoms with E-state index in [-0.39, 0.29) is 16.7 Å². The second kappa shape index (κ2) is 11.0. The van der Waals surface area contributed by atoms with Crippen LogP contribution in [0.2, 0.25) is 0 Å². The maximum Gasteiger partial charge on any atom is 0.290 e. The minimum absolute atomic E-state index is 0.0411. The molecule has 0 saturated heterocycles. The Hall–Kier alpha value is -3.58. The number of Topliss-reactive ketones (excluding diaryl/α,β-unsaturated/α-hetero) is 1. The van der Waals surface area contributed by atoms with Crippen LogP contribution in [0.15, 0.2) is 64.3 Å². The van der Waals surface area contributed by atoms with Gasteiger partial charge in [0.15, 0.2) is 22.9 Å². The molecule has 0 spiro atoms. The molecule has 3 aromatic rings. The normalized spacial score (nSPS) is 16.2. The fourth-order valence-electron chi connectivity index (χ4n) is 5.07. The van der Waals surface area contributed by atoms with Gasteiger partial charge in [-0.15, -0.1) is 0 Å². The minimum Gasteiger partial charge on any atom is -0.503 e. The van der Waals surface area contributed by atoms with Gasteiger partial charge in [0.05, 0.1) is 18.7 Å². The van der Waals surface area contributed by atoms with E-state index in [2.05, 4.69) is 39.5 Å². The van der Waals surface area contributed by atoms with Crippen LogP contribution in [0.3, 0.4) is 0 Å². The molecule has 0 fully saturated rings. The summed E-state index contributed by atoms with van der Waals surface area (Å²) in [6, 6.07) is 14.3. The summed E-state index contributed by atoms with van der Waals surface area (Å²) in [5, 5.41) is 11.8. The Balaban J connectivity index is 1.74. The average Bonchev–Trinajstić information content (AvgIpc) is 3.45. The van der Waals surface area contributed by atoms with Crippen molar-refractivity contribution in [3.63, 3.8) is 0 Å². The van der Waals surface area contributed by atoms with Crippen molar-refractivity contribution in [1.29, 1.82) is 0 Å². The van der Waals surface area contributed by atoms with Crippen molar-refractivity contribution in [1.82, 2.24) is 9.80 Å². The summed E-state index contributed by atoms with van der Waals surface area (Å²) >= 11 is 0. The van der Waals surface area contributed by atoms with Gasteiger partial charge < -0.3 is 24.1 Å². The molecule has 0 radical (unpaired) electrons. The zero-order chi connectivity index (χ0) is 27.6. The second-order valence-electron chi connectivity index (χ2n) is 10.7. The number of carbonyl (C=O) groups is 2. The van der Waals surface area contributed by atoms with Crippen LogP contribution >= 0.6 is 0 Å². The summed E-state index contributed by atoms with van der Waals surface area (Å²) in [6.07, 6.45) is 0.723. The van der Waals surface area contributed by atoms with Crippen LogP contribution in [-0.4, -0.2) is 59.9 Å². The molecule has 1 N–H and O–H groups in total. The highest BCUT2D eigenvalue weighted by molar-refractivity contribution is 6.16. The Morgan fingerprint density at radius 1 is 1.11 bits per heavy atom. The van der Waals surface area contributed by atoms with Gasteiger partial charge in [-0.1, -0.05) is 71.0 Å². The molecule has 7 nitrogen and oxygen atoms in total. The number of aliphatic hydroxyl groups excluding tert-OH is 1. The van der Waals surface area contributed by atoms with E-state index >= 15 is 0 Å². The molecule has 1 amide bonds. The van der Waals surface area contributed by atoms with Crippen molar-refractivity contribution in [3.8, 4) is 5.75 Å². The van der Waals surface area contributed by atoms with Gasteiger partial charge in [0, 0.05) is 11.9 Å². The van der Waals surface area contributed by atoms with Crippen molar-refractivity contribution in [2.75, 3.05) is 33.3 Å². The number of hydrogen-bond donors (Lipinski definition) is 1. The molecule has 0 aliphatic carbocycles. The fraction of sp³-hybridized carbons (Fsp3) is 0.419. The molecule has 202 valence electrons. The van der Waals surface area contributed by atoms with E-state index in [9.17, 15) is 14.7 Å². The van der Waals surface area contributed by atoms with E-state index < -0.39 is 23.5 Å². The van der Waals surface area contributed by atoms with Crippen molar-refractivity contribution >= 4 is 22.7 Å². The first-order valence-electron chi connectivity index (χ1n) is 13.3. The number of hydrogen-bond acceptors (Lipinski definition) is 6. The number of fused-ring (bicyclic) bond motifs is 1. The highest BCUT2D eigenvalue weighted by atomic mass is 16.5. The molecule has 1 atom stereocenters. The van der Waals surface area contributed by atoms with E-state index in [0.717, 1.165) is 37.2 Å². The Morgan fingerprint density at radius 3 is 2.39 bits per heavy atom. The smallest absolute Gasteiger partial charge is 0.290 e. The third-order valence-corrected chi connectivity index (χ3v) is 7.36. The van der Waals surface area contributed by atoms with Gasteiger partial charge in [-0.2, -0.15) is 0 Å². The predicted molar refractivity (Wildman–Crippen MR) is 149 cm³/mol. The van der Waals surface area contributed by atoms with Crippen LogP contribution in [0, 0.1) is 0 Å². The van der Waals surface area contributed by atoms with Crippen molar-refractivity contribution in [2.45, 2.75) is 52.5 Å². The quantitative estimate of drug-likeness (QED) is 0.329. The molecule has 38 heavy (non-hydrogen) atoms. The molecule has 1 aliphatic rings. The maximum absolute atomic E-state index is 13.9. The highest BCUT2D eigenvalue weighted by Gasteiger charge is 2.44. The summed E-state index contributed by atoms with van der Waals surface area (Å²) < 4.78 is 11.3. The van der Waals surface area contributed by atoms with Crippen LogP contribution in [0.25, 0.3) is 11.0 Å². The Morgan fingerprint density at radius 2 is 1.79 bits per heavy atom. The van der Waals surface area contributed by atoms with Gasteiger partial charge in [-0.3, -0.25) is 9.59 Å². The lowest BCUT2D eigenvalue weighted by atomic mass is 9.85. The van der Waals surface area contributed by atoms with E-state index in [4.69, 9.17) is 9.15 Å². The molecule has 2 heterocycles. The zero-order valence-electron chi connectivity index (χ0n) is 23.2. The molecular weight excluding hydrogens is 480 g/mol. The number of rotatable bonds is 10. The number of nitrogens with zero attached hydrogens (tertiary/aromatic N) is 2. The number of carbonyl (C=O) groups excluding carboxylic acids is 2. The fourth-order valence-corrected chi connectivity index (χ4v) is 5.07. The van der Waals surface area contributed by atoms with E-state index in [1.807, 2.05) is 36.4 Å². The minimum atomic E-state index is -0.712. The summed E-state index contributed by atoms with van der Waals surface area (Å²) in [5.41, 5.74) is 2.36. The molecule has 7 heteroatoms. The lowest BCUT2D eigenvalue weighted by Crippen LogP contribution is -2.34. The van der Waals surface area contributed by atoms with Crippen molar-refractivity contribution in [3.05, 3.63) is 76.8 Å². The summed E-state index contributed by atoms with van der Waals surface area (Å²) in [7, 11) is 1.54. The first-order valence-corrected chi connectivity index (χ1v) is 13.3. The van der Waals surface area contributed by atoms with Gasteiger partial charge in [-0.25, -0.2) is 0 Å². The number of para-hydroxylation sites is 1. The summed E-state index contributed by atoms with van der Waals surface area (Å²) in [4.78, 5) is 31.1. The predicted octanol–water partition coefficient (Wildman–Crippen LogP) is 6.05. The SMILES string of the molecule is CCN(CC)CCCN1C(=O)C(O)=C(C(=O)c2cc3cccc(OC)c3o2)C1c1ccc(C(C)(C)C)cc1. The number of methoxy groups -OCH3 is 1. The molecule has 1 aromatic heterocycles. The number of furan rings is 1. The molecule has 2 aromatic carbocycles. The van der Waals surface area contributed by atoms with Gasteiger partial charge >= 0.3 is 0 Å². The first kappa shape index (κ1) is 27.5. The molecule has 1 aliphatic heterocycles. The van der Waals surface area contributed by atoms with Crippen molar-refractivity contribution < 1.29 is 23.8 Å². The second-order valence-corrected chi connectivity index (χ2v) is 10.7. The number of ether oxygens (including phenoxy) is 1. The molecule has 1 unspecified atom stereocenters. The van der Waals surface area contributed by atoms with Crippen molar-refractivity contribution in [2.24, 2.45) is 0 Å². The summed E-state index contributed by atoms with van der Waals surface area (Å²) in [5.74, 6) is -0.998. The highest BCUT2D eigenvalue weighted by Crippen LogP contribution is 2.41. The lowest BCUT2D eigenvalue weighted by molar-refractivity contribution is -0.129. The Bertz CT molecular complexity index is 1340. The summed E-state index contributed by atoms with van der Waals surface area (Å²) in [6.45, 7) is 13.7. The molecule has 4 rings (SSSR count). The lowest BCUT2D eigenvalue weighted by Gasteiger charge is -2.28. The van der Waals surface area contributed by atoms with Gasteiger partial charge in [0.1, 0.15) is 0 Å². The van der Waals surface area contributed by atoms with E-state index in [1.165, 1.54) is 7.11 Å². The largest absolute Gasteiger partial charge is 0.503 e. The van der Waals surface area contributed by atoms with Gasteiger partial charge in [0.2, 0.25) is 5.78 Å². The third-order valence-electron chi connectivity index (χ3n) is 7.36. The standard InChI is InChI=1S/C31H38N2O5/c1-7-32(8-2)17-10-18-33-26(20-13-15-22(16-14-20)31(3,4)5)25(28(35)30(33)36)27(34)24-19-21-11-9-12-23(37-6)29(21)38-24/h9,11-16,19,26,35H,7-8,10,17-18H2,1-6H3. The number of aliphatic hydroxyl groups is 1. The monoisotopic (exact) mass is 518 g/mol. The van der Waals surface area contributed by atoms with Gasteiger partial charge in [-0.05, 0) is 54.7 Å². The van der Waals surface area contributed by atoms with Crippen LogP contribution in [0.5, 0.6) is 5.75 Å². The van der Waals surface area contributed by atoms with Gasteiger partial charge in [0.25, 0.3) is 5.91 Å². The van der Waals surface area contributed by atoms with Crippen LogP contribution in [0.4, 0.5) is 0 Å². The number of ketones is 1. The molecule has 0 saturated carbocycles. The topological polar surface area (TPSA) is 83.2 Å². The third kappa shape index (κ3) is 5.20. The number of benzene rings is 2. The zero-order valence-corrected chi connectivity index (χ0v) is 23.2. The molecular formula is C31H38N2O5. The molecule has 0 bridgehead atoms. The Labute approximate surface area is 224 Å². The van der Waals surface area contributed by atoms with E-state index in [0.29, 0.717) is 23.3 Å². The van der Waals surface area contributed by atoms with Crippen LogP contribution < -0.4 is 4.74 Å². The van der Waals surface area contributed by atoms with E-state index in [1.54, 1.807) is 17.0 Å². The van der Waals surface area contributed by atoms with Crippen LogP contribution in [-0.2, 0) is 10.2 Å². The number of amides is 1. The average molecular weight is 519 g/mol. The Kier molecular flexibility index (Phi) is 7.97.